The summed E-state index contributed by atoms with van der Waals surface area (Å²) in [7, 11) is 0. The van der Waals surface area contributed by atoms with E-state index in [1.165, 1.54) is 5.56 Å². The van der Waals surface area contributed by atoms with Gasteiger partial charge in [0.1, 0.15) is 0 Å². The Morgan fingerprint density at radius 1 is 1.16 bits per heavy atom. The summed E-state index contributed by atoms with van der Waals surface area (Å²) < 4.78 is 2.04. The Balaban J connectivity index is 1.74. The fraction of sp³-hybridized carbons (Fsp3) is 0.438. The largest absolute Gasteiger partial charge is 0.309 e. The minimum absolute atomic E-state index is 0.503. The smallest absolute Gasteiger partial charge is 0.0762 e. The monoisotopic (exact) mass is 257 g/mol. The van der Waals surface area contributed by atoms with Crippen molar-refractivity contribution in [3.8, 4) is 0 Å². The normalized spacial score (nSPS) is 11.1. The second-order valence-corrected chi connectivity index (χ2v) is 5.19. The third-order valence-corrected chi connectivity index (χ3v) is 3.08. The van der Waals surface area contributed by atoms with Crippen LogP contribution in [0.4, 0.5) is 0 Å². The molecule has 0 fully saturated rings. The Bertz CT molecular complexity index is 474. The number of nitrogens with zero attached hydrogens (tertiary/aromatic N) is 2. The van der Waals surface area contributed by atoms with E-state index in [-0.39, 0.29) is 0 Å². The average Bonchev–Trinajstić information content (AvgIpc) is 2.86. The maximum absolute atomic E-state index is 4.57. The van der Waals surface area contributed by atoms with Gasteiger partial charge in [-0.2, -0.15) is 5.10 Å². The SMILES string of the molecule is CC(C)NCc1ccn(CCCc2ccccc2)n1. The molecule has 0 atom stereocenters. The summed E-state index contributed by atoms with van der Waals surface area (Å²) >= 11 is 0. The van der Waals surface area contributed by atoms with Crippen molar-refractivity contribution < 1.29 is 0 Å². The Hall–Kier alpha value is -1.61. The molecule has 1 aromatic carbocycles. The van der Waals surface area contributed by atoms with Crippen molar-refractivity contribution in [1.82, 2.24) is 15.1 Å². The minimum Gasteiger partial charge on any atom is -0.309 e. The zero-order valence-corrected chi connectivity index (χ0v) is 11.8. The number of aromatic nitrogens is 2. The van der Waals surface area contributed by atoms with E-state index in [9.17, 15) is 0 Å². The van der Waals surface area contributed by atoms with Gasteiger partial charge in [-0.25, -0.2) is 0 Å². The van der Waals surface area contributed by atoms with E-state index < -0.39 is 0 Å². The fourth-order valence-electron chi connectivity index (χ4n) is 2.02. The van der Waals surface area contributed by atoms with Crippen LogP contribution in [-0.2, 0) is 19.5 Å². The standard InChI is InChI=1S/C16H23N3/c1-14(2)17-13-16-10-12-19(18-16)11-6-9-15-7-4-3-5-8-15/h3-5,7-8,10,12,14,17H,6,9,11,13H2,1-2H3. The zero-order chi connectivity index (χ0) is 13.5. The number of nitrogens with one attached hydrogen (secondary N) is 1. The molecule has 1 heterocycles. The van der Waals surface area contributed by atoms with Gasteiger partial charge in [0, 0.05) is 25.3 Å². The van der Waals surface area contributed by atoms with E-state index in [2.05, 4.69) is 66.9 Å². The summed E-state index contributed by atoms with van der Waals surface area (Å²) in [5.74, 6) is 0. The Labute approximate surface area is 115 Å². The second kappa shape index (κ2) is 7.10. The third-order valence-electron chi connectivity index (χ3n) is 3.08. The molecule has 0 radical (unpaired) electrons. The summed E-state index contributed by atoms with van der Waals surface area (Å²) in [4.78, 5) is 0. The van der Waals surface area contributed by atoms with Crippen molar-refractivity contribution >= 4 is 0 Å². The first kappa shape index (κ1) is 13.8. The quantitative estimate of drug-likeness (QED) is 0.826. The van der Waals surface area contributed by atoms with Crippen LogP contribution in [0.25, 0.3) is 0 Å². The maximum Gasteiger partial charge on any atom is 0.0762 e. The van der Waals surface area contributed by atoms with Gasteiger partial charge in [-0.05, 0) is 24.5 Å². The molecule has 19 heavy (non-hydrogen) atoms. The molecule has 0 bridgehead atoms. The molecule has 0 aliphatic carbocycles. The van der Waals surface area contributed by atoms with Crippen LogP contribution in [0.1, 0.15) is 31.5 Å². The van der Waals surface area contributed by atoms with Crippen molar-refractivity contribution in [2.75, 3.05) is 0 Å². The first-order valence-electron chi connectivity index (χ1n) is 7.03. The Morgan fingerprint density at radius 2 is 1.95 bits per heavy atom. The lowest BCUT2D eigenvalue weighted by molar-refractivity contribution is 0.546. The highest BCUT2D eigenvalue weighted by atomic mass is 15.3. The second-order valence-electron chi connectivity index (χ2n) is 5.19. The molecular formula is C16H23N3. The van der Waals surface area contributed by atoms with E-state index in [1.807, 2.05) is 4.68 Å². The third kappa shape index (κ3) is 4.87. The first-order chi connectivity index (χ1) is 9.24. The van der Waals surface area contributed by atoms with Gasteiger partial charge in [-0.1, -0.05) is 44.2 Å². The average molecular weight is 257 g/mol. The summed E-state index contributed by atoms with van der Waals surface area (Å²) in [5.41, 5.74) is 2.52. The molecule has 0 saturated heterocycles. The predicted molar refractivity (Wildman–Crippen MR) is 79.0 cm³/mol. The zero-order valence-electron chi connectivity index (χ0n) is 11.8. The number of benzene rings is 1. The van der Waals surface area contributed by atoms with Crippen molar-refractivity contribution in [2.45, 2.75) is 45.8 Å². The van der Waals surface area contributed by atoms with Crippen LogP contribution in [0, 0.1) is 0 Å². The molecular weight excluding hydrogens is 234 g/mol. The lowest BCUT2D eigenvalue weighted by Gasteiger charge is -2.05. The molecule has 0 aliphatic rings. The number of rotatable bonds is 7. The van der Waals surface area contributed by atoms with Gasteiger partial charge in [0.2, 0.25) is 0 Å². The molecule has 0 amide bonds. The van der Waals surface area contributed by atoms with Crippen LogP contribution >= 0.6 is 0 Å². The fourth-order valence-corrected chi connectivity index (χ4v) is 2.02. The molecule has 0 aliphatic heterocycles. The van der Waals surface area contributed by atoms with Crippen LogP contribution in [0.5, 0.6) is 0 Å². The molecule has 2 rings (SSSR count). The van der Waals surface area contributed by atoms with Crippen LogP contribution in [0.2, 0.25) is 0 Å². The minimum atomic E-state index is 0.503. The van der Waals surface area contributed by atoms with Crippen molar-refractivity contribution in [1.29, 1.82) is 0 Å². The summed E-state index contributed by atoms with van der Waals surface area (Å²) in [6.45, 7) is 6.13. The molecule has 0 unspecified atom stereocenters. The molecule has 0 saturated carbocycles. The van der Waals surface area contributed by atoms with Crippen LogP contribution in [-0.4, -0.2) is 15.8 Å². The van der Waals surface area contributed by atoms with E-state index in [4.69, 9.17) is 0 Å². The number of aryl methyl sites for hydroxylation is 2. The van der Waals surface area contributed by atoms with Crippen molar-refractivity contribution in [3.63, 3.8) is 0 Å². The van der Waals surface area contributed by atoms with E-state index in [1.54, 1.807) is 0 Å². The van der Waals surface area contributed by atoms with Crippen LogP contribution in [0.3, 0.4) is 0 Å². The van der Waals surface area contributed by atoms with Gasteiger partial charge in [0.25, 0.3) is 0 Å². The van der Waals surface area contributed by atoms with E-state index in [0.29, 0.717) is 6.04 Å². The highest BCUT2D eigenvalue weighted by molar-refractivity contribution is 5.14. The van der Waals surface area contributed by atoms with Crippen molar-refractivity contribution in [2.24, 2.45) is 0 Å². The van der Waals surface area contributed by atoms with Gasteiger partial charge in [0.05, 0.1) is 5.69 Å². The number of hydrogen-bond acceptors (Lipinski definition) is 2. The van der Waals surface area contributed by atoms with Gasteiger partial charge >= 0.3 is 0 Å². The van der Waals surface area contributed by atoms with E-state index in [0.717, 1.165) is 31.6 Å². The number of hydrogen-bond donors (Lipinski definition) is 1. The summed E-state index contributed by atoms with van der Waals surface area (Å²) in [5, 5.41) is 7.95. The summed E-state index contributed by atoms with van der Waals surface area (Å²) in [6.07, 6.45) is 4.31. The highest BCUT2D eigenvalue weighted by Crippen LogP contribution is 2.04. The Morgan fingerprint density at radius 3 is 2.68 bits per heavy atom. The van der Waals surface area contributed by atoms with Gasteiger partial charge in [-0.3, -0.25) is 4.68 Å². The Kier molecular flexibility index (Phi) is 5.16. The molecule has 0 spiro atoms. The van der Waals surface area contributed by atoms with Gasteiger partial charge < -0.3 is 5.32 Å². The van der Waals surface area contributed by atoms with Crippen molar-refractivity contribution in [3.05, 3.63) is 53.9 Å². The van der Waals surface area contributed by atoms with Gasteiger partial charge in [-0.15, -0.1) is 0 Å². The highest BCUT2D eigenvalue weighted by Gasteiger charge is 2.00. The summed E-state index contributed by atoms with van der Waals surface area (Å²) in [6, 6.07) is 13.2. The van der Waals surface area contributed by atoms with E-state index >= 15 is 0 Å². The molecule has 2 aromatic rings. The molecule has 3 heteroatoms. The van der Waals surface area contributed by atoms with Crippen LogP contribution < -0.4 is 5.32 Å². The predicted octanol–water partition coefficient (Wildman–Crippen LogP) is 3.01. The lowest BCUT2D eigenvalue weighted by atomic mass is 10.1. The molecule has 1 N–H and O–H groups in total. The van der Waals surface area contributed by atoms with Gasteiger partial charge in [0.15, 0.2) is 0 Å². The molecule has 1 aromatic heterocycles. The lowest BCUT2D eigenvalue weighted by Crippen LogP contribution is -2.22. The first-order valence-corrected chi connectivity index (χ1v) is 7.03. The van der Waals surface area contributed by atoms with Crippen LogP contribution in [0.15, 0.2) is 42.6 Å². The topological polar surface area (TPSA) is 29.9 Å². The molecule has 3 nitrogen and oxygen atoms in total. The maximum atomic E-state index is 4.57. The molecule has 102 valence electrons.